The van der Waals surface area contributed by atoms with Crippen molar-refractivity contribution in [3.63, 3.8) is 0 Å². The molecule has 4 rings (SSSR count). The van der Waals surface area contributed by atoms with Crippen molar-refractivity contribution in [2.24, 2.45) is 0 Å². The van der Waals surface area contributed by atoms with E-state index in [1.54, 1.807) is 0 Å². The summed E-state index contributed by atoms with van der Waals surface area (Å²) in [5.74, 6) is -0.876. The SMILES string of the molecule is O=C(c1ccc(F)cc1Cl)N1CC(c2nc(-c3cccc(C(F)(F)F)c3)no2)C1. The van der Waals surface area contributed by atoms with Gasteiger partial charge < -0.3 is 9.42 Å². The first-order chi connectivity index (χ1) is 13.7. The summed E-state index contributed by atoms with van der Waals surface area (Å²) in [5, 5.41) is 3.76. The molecule has 0 radical (unpaired) electrons. The summed E-state index contributed by atoms with van der Waals surface area (Å²) >= 11 is 5.91. The molecule has 0 atom stereocenters. The Morgan fingerprint density at radius 1 is 1.17 bits per heavy atom. The Morgan fingerprint density at radius 3 is 2.62 bits per heavy atom. The topological polar surface area (TPSA) is 59.2 Å². The number of nitrogens with zero attached hydrogens (tertiary/aromatic N) is 3. The molecule has 1 amide bonds. The van der Waals surface area contributed by atoms with Gasteiger partial charge >= 0.3 is 6.18 Å². The third kappa shape index (κ3) is 3.82. The summed E-state index contributed by atoms with van der Waals surface area (Å²) in [6.45, 7) is 0.549. The number of halogens is 5. The maximum absolute atomic E-state index is 13.1. The van der Waals surface area contributed by atoms with E-state index in [-0.39, 0.29) is 52.8 Å². The van der Waals surface area contributed by atoms with E-state index in [1.165, 1.54) is 23.1 Å². The van der Waals surface area contributed by atoms with E-state index < -0.39 is 17.6 Å². The number of carbonyl (C=O) groups excluding carboxylic acids is 1. The maximum Gasteiger partial charge on any atom is 0.416 e. The Balaban J connectivity index is 1.45. The van der Waals surface area contributed by atoms with Gasteiger partial charge in [-0.15, -0.1) is 0 Å². The third-order valence-corrected chi connectivity index (χ3v) is 4.88. The second-order valence-electron chi connectivity index (χ2n) is 6.57. The van der Waals surface area contributed by atoms with Crippen LogP contribution in [0.2, 0.25) is 5.02 Å². The highest BCUT2D eigenvalue weighted by Gasteiger charge is 2.37. The van der Waals surface area contributed by atoms with Crippen molar-refractivity contribution in [1.29, 1.82) is 0 Å². The number of hydrogen-bond donors (Lipinski definition) is 0. The molecule has 5 nitrogen and oxygen atoms in total. The molecule has 10 heteroatoms. The number of hydrogen-bond acceptors (Lipinski definition) is 4. The highest BCUT2D eigenvalue weighted by molar-refractivity contribution is 6.33. The van der Waals surface area contributed by atoms with Crippen molar-refractivity contribution in [2.45, 2.75) is 12.1 Å². The van der Waals surface area contributed by atoms with Gasteiger partial charge in [0, 0.05) is 18.7 Å². The summed E-state index contributed by atoms with van der Waals surface area (Å²) in [5.41, 5.74) is -0.445. The lowest BCUT2D eigenvalue weighted by Gasteiger charge is -2.37. The van der Waals surface area contributed by atoms with Crippen LogP contribution in [0.25, 0.3) is 11.4 Å². The minimum atomic E-state index is -4.47. The number of alkyl halides is 3. The average molecular weight is 426 g/mol. The fourth-order valence-electron chi connectivity index (χ4n) is 2.99. The number of aromatic nitrogens is 2. The van der Waals surface area contributed by atoms with Gasteiger partial charge in [0.2, 0.25) is 11.7 Å². The summed E-state index contributed by atoms with van der Waals surface area (Å²) in [7, 11) is 0. The minimum absolute atomic E-state index is 0.0167. The van der Waals surface area contributed by atoms with E-state index >= 15 is 0 Å². The van der Waals surface area contributed by atoms with E-state index in [9.17, 15) is 22.4 Å². The van der Waals surface area contributed by atoms with Crippen molar-refractivity contribution in [3.8, 4) is 11.4 Å². The molecule has 2 aromatic carbocycles. The molecule has 1 aromatic heterocycles. The molecule has 150 valence electrons. The van der Waals surface area contributed by atoms with E-state index in [0.717, 1.165) is 24.3 Å². The van der Waals surface area contributed by atoms with E-state index in [2.05, 4.69) is 10.1 Å². The van der Waals surface area contributed by atoms with Gasteiger partial charge in [-0.2, -0.15) is 18.2 Å². The molecule has 29 heavy (non-hydrogen) atoms. The zero-order valence-electron chi connectivity index (χ0n) is 14.6. The van der Waals surface area contributed by atoms with Crippen LogP contribution in [-0.2, 0) is 6.18 Å². The number of likely N-dealkylation sites (tertiary alicyclic amines) is 1. The molecule has 0 unspecified atom stereocenters. The summed E-state index contributed by atoms with van der Waals surface area (Å²) in [6.07, 6.45) is -4.47. The smallest absolute Gasteiger partial charge is 0.339 e. The van der Waals surface area contributed by atoms with Gasteiger partial charge in [0.1, 0.15) is 5.82 Å². The molecule has 2 heterocycles. The molecule has 3 aromatic rings. The Hall–Kier alpha value is -2.94. The molecule has 0 spiro atoms. The Bertz CT molecular complexity index is 1080. The van der Waals surface area contributed by atoms with Gasteiger partial charge in [-0.3, -0.25) is 4.79 Å². The Labute approximate surface area is 166 Å². The average Bonchev–Trinajstić information content (AvgIpc) is 3.09. The number of rotatable bonds is 3. The monoisotopic (exact) mass is 425 g/mol. The van der Waals surface area contributed by atoms with Crippen LogP contribution in [0.15, 0.2) is 47.0 Å². The lowest BCUT2D eigenvalue weighted by atomic mass is 9.98. The predicted molar refractivity (Wildman–Crippen MR) is 94.8 cm³/mol. The van der Waals surface area contributed by atoms with Crippen LogP contribution >= 0.6 is 11.6 Å². The van der Waals surface area contributed by atoms with Gasteiger partial charge in [0.05, 0.1) is 22.1 Å². The molecule has 0 bridgehead atoms. The van der Waals surface area contributed by atoms with E-state index in [0.29, 0.717) is 0 Å². The van der Waals surface area contributed by atoms with Crippen LogP contribution in [0.5, 0.6) is 0 Å². The molecular formula is C19H12ClF4N3O2. The Morgan fingerprint density at radius 2 is 1.93 bits per heavy atom. The first-order valence-electron chi connectivity index (χ1n) is 8.48. The van der Waals surface area contributed by atoms with Gasteiger partial charge in [-0.05, 0) is 30.3 Å². The Kier molecular flexibility index (Phi) is 4.77. The summed E-state index contributed by atoms with van der Waals surface area (Å²) < 4.78 is 56.9. The molecule has 1 aliphatic heterocycles. The van der Waals surface area contributed by atoms with Crippen LogP contribution in [-0.4, -0.2) is 34.0 Å². The second kappa shape index (κ2) is 7.14. The van der Waals surface area contributed by atoms with Gasteiger partial charge in [-0.1, -0.05) is 28.9 Å². The molecular weight excluding hydrogens is 414 g/mol. The van der Waals surface area contributed by atoms with Crippen molar-refractivity contribution < 1.29 is 26.9 Å². The lowest BCUT2D eigenvalue weighted by molar-refractivity contribution is -0.137. The highest BCUT2D eigenvalue weighted by atomic mass is 35.5. The maximum atomic E-state index is 13.1. The zero-order chi connectivity index (χ0) is 20.8. The van der Waals surface area contributed by atoms with Crippen LogP contribution in [0.3, 0.4) is 0 Å². The van der Waals surface area contributed by atoms with Crippen molar-refractivity contribution >= 4 is 17.5 Å². The molecule has 0 N–H and O–H groups in total. The highest BCUT2D eigenvalue weighted by Crippen LogP contribution is 2.33. The normalized spacial score (nSPS) is 14.7. The van der Waals surface area contributed by atoms with Gasteiger partial charge in [0.15, 0.2) is 0 Å². The van der Waals surface area contributed by atoms with Crippen LogP contribution < -0.4 is 0 Å². The molecule has 1 saturated heterocycles. The van der Waals surface area contributed by atoms with Gasteiger partial charge in [0.25, 0.3) is 5.91 Å². The summed E-state index contributed by atoms with van der Waals surface area (Å²) in [4.78, 5) is 18.1. The molecule has 0 saturated carbocycles. The molecule has 1 aliphatic rings. The first-order valence-corrected chi connectivity index (χ1v) is 8.86. The standard InChI is InChI=1S/C19H12ClF4N3O2/c20-15-7-13(21)4-5-14(15)18(28)27-8-11(9-27)17-25-16(26-29-17)10-2-1-3-12(6-10)19(22,23)24/h1-7,11H,8-9H2. The minimum Gasteiger partial charge on any atom is -0.339 e. The van der Waals surface area contributed by atoms with E-state index in [1.807, 2.05) is 0 Å². The quantitative estimate of drug-likeness (QED) is 0.566. The fourth-order valence-corrected chi connectivity index (χ4v) is 3.23. The summed E-state index contributed by atoms with van der Waals surface area (Å²) in [6, 6.07) is 8.15. The third-order valence-electron chi connectivity index (χ3n) is 4.57. The van der Waals surface area contributed by atoms with Gasteiger partial charge in [-0.25, -0.2) is 4.39 Å². The number of amides is 1. The second-order valence-corrected chi connectivity index (χ2v) is 6.97. The first kappa shape index (κ1) is 19.4. The fraction of sp³-hybridized carbons (Fsp3) is 0.211. The number of carbonyl (C=O) groups is 1. The van der Waals surface area contributed by atoms with Crippen molar-refractivity contribution in [1.82, 2.24) is 15.0 Å². The molecule has 1 fully saturated rings. The van der Waals surface area contributed by atoms with E-state index in [4.69, 9.17) is 16.1 Å². The molecule has 0 aliphatic carbocycles. The largest absolute Gasteiger partial charge is 0.416 e. The van der Waals surface area contributed by atoms with Crippen LogP contribution in [0.4, 0.5) is 17.6 Å². The van der Waals surface area contributed by atoms with Crippen molar-refractivity contribution in [3.05, 3.63) is 70.3 Å². The lowest BCUT2D eigenvalue weighted by Crippen LogP contribution is -2.48. The van der Waals surface area contributed by atoms with Crippen LogP contribution in [0.1, 0.15) is 27.7 Å². The van der Waals surface area contributed by atoms with Crippen LogP contribution in [0, 0.1) is 5.82 Å². The zero-order valence-corrected chi connectivity index (χ0v) is 15.3. The predicted octanol–water partition coefficient (Wildman–Crippen LogP) is 4.79. The number of benzene rings is 2. The van der Waals surface area contributed by atoms with Crippen molar-refractivity contribution in [2.75, 3.05) is 13.1 Å².